The summed E-state index contributed by atoms with van der Waals surface area (Å²) < 4.78 is 13.0. The number of anilines is 1. The van der Waals surface area contributed by atoms with Gasteiger partial charge >= 0.3 is 0 Å². The van der Waals surface area contributed by atoms with Crippen LogP contribution in [0, 0.1) is 12.7 Å². The molecule has 0 aliphatic heterocycles. The number of nitrogens with one attached hydrogen (secondary N) is 1. The van der Waals surface area contributed by atoms with Crippen molar-refractivity contribution in [1.82, 2.24) is 0 Å². The molecule has 18 heavy (non-hydrogen) atoms. The third kappa shape index (κ3) is 2.10. The van der Waals surface area contributed by atoms with E-state index in [1.54, 1.807) is 6.07 Å². The summed E-state index contributed by atoms with van der Waals surface area (Å²) in [7, 11) is 0. The Balaban J connectivity index is 1.76. The van der Waals surface area contributed by atoms with E-state index >= 15 is 0 Å². The summed E-state index contributed by atoms with van der Waals surface area (Å²) in [6, 6.07) is 13.9. The highest BCUT2D eigenvalue weighted by Crippen LogP contribution is 2.25. The first-order chi connectivity index (χ1) is 8.72. The number of hydrogen-bond donors (Lipinski definition) is 1. The van der Waals surface area contributed by atoms with E-state index in [2.05, 4.69) is 29.6 Å². The first kappa shape index (κ1) is 11.3. The van der Waals surface area contributed by atoms with Gasteiger partial charge in [-0.1, -0.05) is 24.3 Å². The Morgan fingerprint density at radius 1 is 1.06 bits per heavy atom. The second-order valence-electron chi connectivity index (χ2n) is 4.98. The monoisotopic (exact) mass is 241 g/mol. The second kappa shape index (κ2) is 4.45. The molecule has 0 spiro atoms. The zero-order valence-electron chi connectivity index (χ0n) is 10.4. The summed E-state index contributed by atoms with van der Waals surface area (Å²) in [5.74, 6) is -0.173. The van der Waals surface area contributed by atoms with Crippen molar-refractivity contribution < 1.29 is 4.39 Å². The highest BCUT2D eigenvalue weighted by atomic mass is 19.1. The van der Waals surface area contributed by atoms with Crippen LogP contribution in [0.25, 0.3) is 0 Å². The molecule has 0 saturated heterocycles. The molecule has 0 heterocycles. The van der Waals surface area contributed by atoms with Crippen LogP contribution in [0.3, 0.4) is 0 Å². The van der Waals surface area contributed by atoms with E-state index in [9.17, 15) is 4.39 Å². The smallest absolute Gasteiger partial charge is 0.123 e. The van der Waals surface area contributed by atoms with Crippen molar-refractivity contribution in [3.8, 4) is 0 Å². The molecule has 1 aliphatic rings. The Bertz CT molecular complexity index is 552. The lowest BCUT2D eigenvalue weighted by molar-refractivity contribution is 0.626. The predicted octanol–water partition coefficient (Wildman–Crippen LogP) is 3.71. The number of aryl methyl sites for hydroxylation is 1. The van der Waals surface area contributed by atoms with Crippen molar-refractivity contribution in [1.29, 1.82) is 0 Å². The van der Waals surface area contributed by atoms with Gasteiger partial charge in [-0.05, 0) is 54.7 Å². The molecular weight excluding hydrogens is 225 g/mol. The summed E-state index contributed by atoms with van der Waals surface area (Å²) in [4.78, 5) is 0. The number of halogens is 1. The summed E-state index contributed by atoms with van der Waals surface area (Å²) in [5.41, 5.74) is 4.85. The first-order valence-electron chi connectivity index (χ1n) is 6.32. The van der Waals surface area contributed by atoms with E-state index in [1.165, 1.54) is 17.2 Å². The van der Waals surface area contributed by atoms with Crippen molar-refractivity contribution in [3.63, 3.8) is 0 Å². The van der Waals surface area contributed by atoms with Crippen molar-refractivity contribution >= 4 is 5.69 Å². The summed E-state index contributed by atoms with van der Waals surface area (Å²) in [6.07, 6.45) is 2.10. The van der Waals surface area contributed by atoms with Gasteiger partial charge in [0.15, 0.2) is 0 Å². The summed E-state index contributed by atoms with van der Waals surface area (Å²) >= 11 is 0. The number of hydrogen-bond acceptors (Lipinski definition) is 1. The second-order valence-corrected chi connectivity index (χ2v) is 4.98. The third-order valence-electron chi connectivity index (χ3n) is 3.60. The SMILES string of the molecule is Cc1cc(F)ccc1NC1Cc2ccccc2C1. The van der Waals surface area contributed by atoms with E-state index < -0.39 is 0 Å². The van der Waals surface area contributed by atoms with Gasteiger partial charge in [-0.25, -0.2) is 4.39 Å². The Morgan fingerprint density at radius 3 is 2.33 bits per heavy atom. The zero-order chi connectivity index (χ0) is 12.5. The standard InChI is InChI=1S/C16H16FN/c1-11-8-14(17)6-7-16(11)18-15-9-12-4-2-3-5-13(12)10-15/h2-8,15,18H,9-10H2,1H3. The molecule has 0 bridgehead atoms. The van der Waals surface area contributed by atoms with Crippen LogP contribution in [-0.2, 0) is 12.8 Å². The molecule has 2 heteroatoms. The maximum absolute atomic E-state index is 13.0. The van der Waals surface area contributed by atoms with Crippen molar-refractivity contribution in [3.05, 3.63) is 65.0 Å². The normalized spacial score (nSPS) is 14.6. The molecule has 0 radical (unpaired) electrons. The van der Waals surface area contributed by atoms with Crippen LogP contribution in [-0.4, -0.2) is 6.04 Å². The number of benzene rings is 2. The van der Waals surface area contributed by atoms with Crippen LogP contribution >= 0.6 is 0 Å². The van der Waals surface area contributed by atoms with Gasteiger partial charge in [-0.3, -0.25) is 0 Å². The van der Waals surface area contributed by atoms with Crippen LogP contribution in [0.1, 0.15) is 16.7 Å². The maximum Gasteiger partial charge on any atom is 0.123 e. The Hall–Kier alpha value is -1.83. The van der Waals surface area contributed by atoms with Gasteiger partial charge in [0.25, 0.3) is 0 Å². The summed E-state index contributed by atoms with van der Waals surface area (Å²) in [5, 5.41) is 3.52. The van der Waals surface area contributed by atoms with E-state index in [0.717, 1.165) is 24.1 Å². The Labute approximate surface area is 107 Å². The van der Waals surface area contributed by atoms with Gasteiger partial charge < -0.3 is 5.32 Å². The van der Waals surface area contributed by atoms with Crippen LogP contribution in [0.4, 0.5) is 10.1 Å². The summed E-state index contributed by atoms with van der Waals surface area (Å²) in [6.45, 7) is 1.94. The van der Waals surface area contributed by atoms with Crippen molar-refractivity contribution in [2.75, 3.05) is 5.32 Å². The lowest BCUT2D eigenvalue weighted by Crippen LogP contribution is -2.20. The molecule has 0 unspecified atom stereocenters. The molecule has 3 rings (SSSR count). The fourth-order valence-electron chi connectivity index (χ4n) is 2.67. The van der Waals surface area contributed by atoms with E-state index in [1.807, 2.05) is 13.0 Å². The first-order valence-corrected chi connectivity index (χ1v) is 6.32. The van der Waals surface area contributed by atoms with Crippen LogP contribution in [0.15, 0.2) is 42.5 Å². The van der Waals surface area contributed by atoms with Gasteiger partial charge in [0.1, 0.15) is 5.82 Å². The molecule has 2 aromatic carbocycles. The molecule has 0 atom stereocenters. The van der Waals surface area contributed by atoms with Crippen LogP contribution in [0.5, 0.6) is 0 Å². The van der Waals surface area contributed by atoms with E-state index in [0.29, 0.717) is 6.04 Å². The molecular formula is C16H16FN. The fraction of sp³-hybridized carbons (Fsp3) is 0.250. The minimum atomic E-state index is -0.173. The Morgan fingerprint density at radius 2 is 1.72 bits per heavy atom. The van der Waals surface area contributed by atoms with Crippen LogP contribution < -0.4 is 5.32 Å². The van der Waals surface area contributed by atoms with Crippen molar-refractivity contribution in [2.24, 2.45) is 0 Å². The molecule has 1 N–H and O–H groups in total. The van der Waals surface area contributed by atoms with E-state index in [-0.39, 0.29) is 5.82 Å². The van der Waals surface area contributed by atoms with Gasteiger partial charge in [0, 0.05) is 11.7 Å². The lowest BCUT2D eigenvalue weighted by Gasteiger charge is -2.15. The molecule has 0 saturated carbocycles. The molecule has 1 aliphatic carbocycles. The molecule has 0 amide bonds. The minimum Gasteiger partial charge on any atom is -0.381 e. The number of fused-ring (bicyclic) bond motifs is 1. The highest BCUT2D eigenvalue weighted by Gasteiger charge is 2.20. The van der Waals surface area contributed by atoms with Gasteiger partial charge in [0.2, 0.25) is 0 Å². The molecule has 2 aromatic rings. The third-order valence-corrected chi connectivity index (χ3v) is 3.60. The molecule has 0 fully saturated rings. The van der Waals surface area contributed by atoms with Crippen LogP contribution in [0.2, 0.25) is 0 Å². The molecule has 0 aromatic heterocycles. The zero-order valence-corrected chi connectivity index (χ0v) is 10.4. The minimum absolute atomic E-state index is 0.173. The fourth-order valence-corrected chi connectivity index (χ4v) is 2.67. The average Bonchev–Trinajstić information content (AvgIpc) is 2.75. The van der Waals surface area contributed by atoms with Gasteiger partial charge in [-0.2, -0.15) is 0 Å². The predicted molar refractivity (Wildman–Crippen MR) is 72.4 cm³/mol. The molecule has 92 valence electrons. The van der Waals surface area contributed by atoms with E-state index in [4.69, 9.17) is 0 Å². The lowest BCUT2D eigenvalue weighted by atomic mass is 10.1. The van der Waals surface area contributed by atoms with Gasteiger partial charge in [0.05, 0.1) is 0 Å². The topological polar surface area (TPSA) is 12.0 Å². The van der Waals surface area contributed by atoms with Crippen molar-refractivity contribution in [2.45, 2.75) is 25.8 Å². The maximum atomic E-state index is 13.0. The molecule has 1 nitrogen and oxygen atoms in total. The Kier molecular flexibility index (Phi) is 2.78. The average molecular weight is 241 g/mol. The van der Waals surface area contributed by atoms with Gasteiger partial charge in [-0.15, -0.1) is 0 Å². The highest BCUT2D eigenvalue weighted by molar-refractivity contribution is 5.52. The largest absolute Gasteiger partial charge is 0.381 e. The quantitative estimate of drug-likeness (QED) is 0.845. The number of rotatable bonds is 2.